The van der Waals surface area contributed by atoms with Gasteiger partial charge in [-0.2, -0.15) is 0 Å². The van der Waals surface area contributed by atoms with Gasteiger partial charge in [0.25, 0.3) is 0 Å². The van der Waals surface area contributed by atoms with E-state index in [1.807, 2.05) is 0 Å². The Balaban J connectivity index is 1.69. The molecule has 1 saturated heterocycles. The average Bonchev–Trinajstić information content (AvgIpc) is 3.08. The van der Waals surface area contributed by atoms with E-state index in [-0.39, 0.29) is 0 Å². The molecule has 136 valence electrons. The monoisotopic (exact) mass is 324 g/mol. The molecule has 1 rings (SSSR count). The van der Waals surface area contributed by atoms with Crippen LogP contribution in [0.25, 0.3) is 0 Å². The normalized spacial score (nSPS) is 18.2. The Morgan fingerprint density at radius 3 is 1.87 bits per heavy atom. The zero-order valence-corrected chi connectivity index (χ0v) is 15.6. The van der Waals surface area contributed by atoms with Crippen molar-refractivity contribution in [2.24, 2.45) is 0 Å². The molecule has 2 heteroatoms. The van der Waals surface area contributed by atoms with E-state index in [1.54, 1.807) is 0 Å². The third-order valence-electron chi connectivity index (χ3n) is 4.77. The lowest BCUT2D eigenvalue weighted by Gasteiger charge is -2.05. The SMILES string of the molecule is CCCCCCCC/C=C\CCCCCCCCC1CCOO1. The second-order valence-corrected chi connectivity index (χ2v) is 7.06. The summed E-state index contributed by atoms with van der Waals surface area (Å²) in [4.78, 5) is 10.1. The molecule has 1 aliphatic rings. The Morgan fingerprint density at radius 2 is 1.30 bits per heavy atom. The van der Waals surface area contributed by atoms with Gasteiger partial charge in [-0.15, -0.1) is 0 Å². The van der Waals surface area contributed by atoms with Gasteiger partial charge in [-0.3, -0.25) is 0 Å². The summed E-state index contributed by atoms with van der Waals surface area (Å²) in [6.07, 6.45) is 26.7. The summed E-state index contributed by atoms with van der Waals surface area (Å²) in [6, 6.07) is 0. The molecule has 0 amide bonds. The van der Waals surface area contributed by atoms with Gasteiger partial charge >= 0.3 is 0 Å². The van der Waals surface area contributed by atoms with Crippen LogP contribution in [-0.4, -0.2) is 12.7 Å². The lowest BCUT2D eigenvalue weighted by atomic mass is 10.0. The van der Waals surface area contributed by atoms with Gasteiger partial charge in [-0.1, -0.05) is 83.3 Å². The molecule has 0 spiro atoms. The first-order valence-corrected chi connectivity index (χ1v) is 10.4. The van der Waals surface area contributed by atoms with Crippen LogP contribution in [0.2, 0.25) is 0 Å². The largest absolute Gasteiger partial charge is 0.236 e. The molecule has 0 saturated carbocycles. The van der Waals surface area contributed by atoms with Crippen LogP contribution in [-0.2, 0) is 9.78 Å². The highest BCUT2D eigenvalue weighted by molar-refractivity contribution is 4.81. The molecule has 1 fully saturated rings. The number of rotatable bonds is 16. The molecular formula is C21H40O2. The first-order valence-electron chi connectivity index (χ1n) is 10.4. The molecule has 1 aliphatic heterocycles. The minimum Gasteiger partial charge on any atom is -0.236 e. The molecule has 1 heterocycles. The topological polar surface area (TPSA) is 18.5 Å². The molecule has 0 aromatic rings. The third-order valence-corrected chi connectivity index (χ3v) is 4.77. The summed E-state index contributed by atoms with van der Waals surface area (Å²) >= 11 is 0. The summed E-state index contributed by atoms with van der Waals surface area (Å²) in [5.41, 5.74) is 0. The van der Waals surface area contributed by atoms with E-state index < -0.39 is 0 Å². The summed E-state index contributed by atoms with van der Waals surface area (Å²) in [6.45, 7) is 3.07. The van der Waals surface area contributed by atoms with Gasteiger partial charge in [0.1, 0.15) is 0 Å². The van der Waals surface area contributed by atoms with Crippen molar-refractivity contribution in [3.63, 3.8) is 0 Å². The highest BCUT2D eigenvalue weighted by Gasteiger charge is 2.15. The first-order chi connectivity index (χ1) is 11.4. The number of unbranched alkanes of at least 4 members (excludes halogenated alkanes) is 12. The van der Waals surface area contributed by atoms with Crippen LogP contribution >= 0.6 is 0 Å². The summed E-state index contributed by atoms with van der Waals surface area (Å²) in [5.74, 6) is 0. The van der Waals surface area contributed by atoms with Crippen LogP contribution in [0.5, 0.6) is 0 Å². The summed E-state index contributed by atoms with van der Waals surface area (Å²) in [5, 5.41) is 0. The lowest BCUT2D eigenvalue weighted by molar-refractivity contribution is -0.275. The van der Waals surface area contributed by atoms with E-state index in [0.717, 1.165) is 13.0 Å². The fraction of sp³-hybridized carbons (Fsp3) is 0.905. The van der Waals surface area contributed by atoms with E-state index in [9.17, 15) is 0 Å². The molecule has 23 heavy (non-hydrogen) atoms. The maximum Gasteiger partial charge on any atom is 0.0953 e. The highest BCUT2D eigenvalue weighted by Crippen LogP contribution is 2.17. The van der Waals surface area contributed by atoms with E-state index in [4.69, 9.17) is 9.78 Å². The predicted octanol–water partition coefficient (Wildman–Crippen LogP) is 7.13. The zero-order valence-electron chi connectivity index (χ0n) is 15.6. The summed E-state index contributed by atoms with van der Waals surface area (Å²) < 4.78 is 0. The Morgan fingerprint density at radius 1 is 0.739 bits per heavy atom. The molecule has 0 aromatic carbocycles. The van der Waals surface area contributed by atoms with Crippen LogP contribution in [0, 0.1) is 0 Å². The van der Waals surface area contributed by atoms with Gasteiger partial charge in [-0.05, 0) is 32.1 Å². The van der Waals surface area contributed by atoms with Crippen molar-refractivity contribution in [2.45, 2.75) is 116 Å². The second-order valence-electron chi connectivity index (χ2n) is 7.06. The Kier molecular flexibility index (Phi) is 14.9. The Labute approximate surface area is 144 Å². The van der Waals surface area contributed by atoms with Crippen molar-refractivity contribution < 1.29 is 9.78 Å². The highest BCUT2D eigenvalue weighted by atomic mass is 17.2. The van der Waals surface area contributed by atoms with Gasteiger partial charge < -0.3 is 0 Å². The van der Waals surface area contributed by atoms with Crippen LogP contribution < -0.4 is 0 Å². The van der Waals surface area contributed by atoms with Crippen molar-refractivity contribution in [2.75, 3.05) is 6.61 Å². The van der Waals surface area contributed by atoms with Crippen molar-refractivity contribution in [3.05, 3.63) is 12.2 Å². The third kappa shape index (κ3) is 13.8. The van der Waals surface area contributed by atoms with Crippen LogP contribution in [0.15, 0.2) is 12.2 Å². The van der Waals surface area contributed by atoms with Gasteiger partial charge in [0, 0.05) is 6.42 Å². The minimum absolute atomic E-state index is 0.381. The van der Waals surface area contributed by atoms with Gasteiger partial charge in [0.2, 0.25) is 0 Å². The second kappa shape index (κ2) is 16.5. The average molecular weight is 325 g/mol. The van der Waals surface area contributed by atoms with Crippen LogP contribution in [0.4, 0.5) is 0 Å². The molecular weight excluding hydrogens is 284 g/mol. The van der Waals surface area contributed by atoms with Crippen LogP contribution in [0.1, 0.15) is 110 Å². The molecule has 1 unspecified atom stereocenters. The fourth-order valence-electron chi connectivity index (χ4n) is 3.18. The Bertz CT molecular complexity index is 257. The maximum absolute atomic E-state index is 5.17. The predicted molar refractivity (Wildman–Crippen MR) is 99.5 cm³/mol. The smallest absolute Gasteiger partial charge is 0.0953 e. The minimum atomic E-state index is 0.381. The lowest BCUT2D eigenvalue weighted by Crippen LogP contribution is -2.03. The van der Waals surface area contributed by atoms with Crippen molar-refractivity contribution in [1.82, 2.24) is 0 Å². The van der Waals surface area contributed by atoms with E-state index >= 15 is 0 Å². The number of hydrogen-bond donors (Lipinski definition) is 0. The van der Waals surface area contributed by atoms with Gasteiger partial charge in [-0.25, -0.2) is 9.78 Å². The zero-order chi connectivity index (χ0) is 16.4. The van der Waals surface area contributed by atoms with E-state index in [0.29, 0.717) is 6.10 Å². The molecule has 2 nitrogen and oxygen atoms in total. The first kappa shape index (κ1) is 20.7. The van der Waals surface area contributed by atoms with E-state index in [1.165, 1.54) is 96.3 Å². The van der Waals surface area contributed by atoms with Crippen molar-refractivity contribution in [1.29, 1.82) is 0 Å². The van der Waals surface area contributed by atoms with Crippen LogP contribution in [0.3, 0.4) is 0 Å². The Hall–Kier alpha value is -0.340. The maximum atomic E-state index is 5.17. The standard InChI is InChI=1S/C21H40O2/c1-2-3-4-5-6-7-8-9-10-11-12-13-14-15-16-17-18-21-19-20-22-23-21/h9-10,21H,2-8,11-20H2,1H3/b10-9-. The molecule has 0 bridgehead atoms. The van der Waals surface area contributed by atoms with Crippen molar-refractivity contribution in [3.8, 4) is 0 Å². The molecule has 0 N–H and O–H groups in total. The quantitative estimate of drug-likeness (QED) is 0.171. The number of allylic oxidation sites excluding steroid dienone is 2. The summed E-state index contributed by atoms with van der Waals surface area (Å²) in [7, 11) is 0. The fourth-order valence-corrected chi connectivity index (χ4v) is 3.18. The van der Waals surface area contributed by atoms with Crippen molar-refractivity contribution >= 4 is 0 Å². The van der Waals surface area contributed by atoms with Gasteiger partial charge in [0.15, 0.2) is 0 Å². The molecule has 0 radical (unpaired) electrons. The molecule has 0 aromatic heterocycles. The molecule has 1 atom stereocenters. The molecule has 0 aliphatic carbocycles. The van der Waals surface area contributed by atoms with E-state index in [2.05, 4.69) is 19.1 Å². The van der Waals surface area contributed by atoms with Gasteiger partial charge in [0.05, 0.1) is 12.7 Å². The number of hydrogen-bond acceptors (Lipinski definition) is 2.